The van der Waals surface area contributed by atoms with E-state index < -0.39 is 0 Å². The Balaban J connectivity index is 1.44. The number of rotatable bonds is 4. The predicted octanol–water partition coefficient (Wildman–Crippen LogP) is 4.45. The Morgan fingerprint density at radius 3 is 2.19 bits per heavy atom. The van der Waals surface area contributed by atoms with Crippen LogP contribution >= 0.6 is 11.3 Å². The number of aromatic nitrogens is 1. The third kappa shape index (κ3) is 2.46. The number of nitrogens with zero attached hydrogens (tertiary/aromatic N) is 1. The highest BCUT2D eigenvalue weighted by molar-refractivity contribution is 7.11. The summed E-state index contributed by atoms with van der Waals surface area (Å²) in [6.45, 7) is 7.71. The maximum absolute atomic E-state index is 4.68. The Labute approximate surface area is 132 Å². The van der Waals surface area contributed by atoms with Crippen molar-refractivity contribution in [1.29, 1.82) is 0 Å². The Kier molecular flexibility index (Phi) is 3.42. The molecule has 1 N–H and O–H groups in total. The first kappa shape index (κ1) is 14.2. The molecule has 1 atom stereocenters. The van der Waals surface area contributed by atoms with Crippen LogP contribution in [0.15, 0.2) is 0 Å². The molecule has 4 bridgehead atoms. The van der Waals surface area contributed by atoms with E-state index in [2.05, 4.69) is 31.1 Å². The molecule has 0 aromatic carbocycles. The van der Waals surface area contributed by atoms with Gasteiger partial charge in [0.2, 0.25) is 0 Å². The number of thiazole rings is 1. The lowest BCUT2D eigenvalue weighted by atomic mass is 9.48. The van der Waals surface area contributed by atoms with Crippen molar-refractivity contribution in [3.8, 4) is 0 Å². The van der Waals surface area contributed by atoms with Crippen molar-refractivity contribution in [3.05, 3.63) is 15.6 Å². The molecule has 116 valence electrons. The quantitative estimate of drug-likeness (QED) is 0.888. The van der Waals surface area contributed by atoms with Crippen LogP contribution in [0.5, 0.6) is 0 Å². The van der Waals surface area contributed by atoms with Gasteiger partial charge in [0.1, 0.15) is 5.01 Å². The summed E-state index contributed by atoms with van der Waals surface area (Å²) in [7, 11) is 0. The van der Waals surface area contributed by atoms with Gasteiger partial charge in [-0.25, -0.2) is 4.98 Å². The van der Waals surface area contributed by atoms with Gasteiger partial charge in [-0.15, -0.1) is 11.3 Å². The summed E-state index contributed by atoms with van der Waals surface area (Å²) in [6, 6.07) is 0.649. The Morgan fingerprint density at radius 1 is 1.14 bits per heavy atom. The number of hydrogen-bond donors (Lipinski definition) is 1. The van der Waals surface area contributed by atoms with Crippen molar-refractivity contribution in [1.82, 2.24) is 10.3 Å². The van der Waals surface area contributed by atoms with Gasteiger partial charge in [-0.1, -0.05) is 0 Å². The van der Waals surface area contributed by atoms with Crippen molar-refractivity contribution >= 4 is 11.3 Å². The monoisotopic (exact) mass is 304 g/mol. The van der Waals surface area contributed by atoms with Crippen molar-refractivity contribution in [3.63, 3.8) is 0 Å². The lowest BCUT2D eigenvalue weighted by Crippen LogP contribution is -2.54. The SMILES string of the molecule is Cc1nc(CNC(C)C23CC4CC(CC(C4)C2)C3)sc1C. The number of aryl methyl sites for hydroxylation is 2. The van der Waals surface area contributed by atoms with E-state index in [4.69, 9.17) is 0 Å². The third-order valence-electron chi connectivity index (χ3n) is 6.64. The molecule has 4 aliphatic rings. The zero-order chi connectivity index (χ0) is 14.6. The molecule has 0 aliphatic heterocycles. The first-order chi connectivity index (χ1) is 10.0. The summed E-state index contributed by atoms with van der Waals surface area (Å²) in [4.78, 5) is 6.05. The molecule has 0 radical (unpaired) electrons. The minimum Gasteiger partial charge on any atom is -0.307 e. The van der Waals surface area contributed by atoms with Crippen LogP contribution in [-0.4, -0.2) is 11.0 Å². The molecule has 1 heterocycles. The fourth-order valence-corrected chi connectivity index (χ4v) is 6.66. The van der Waals surface area contributed by atoms with Crippen molar-refractivity contribution < 1.29 is 0 Å². The highest BCUT2D eigenvalue weighted by atomic mass is 32.1. The van der Waals surface area contributed by atoms with Gasteiger partial charge in [0.25, 0.3) is 0 Å². The molecule has 4 aliphatic carbocycles. The van der Waals surface area contributed by atoms with Gasteiger partial charge < -0.3 is 5.32 Å². The molecule has 3 heteroatoms. The topological polar surface area (TPSA) is 24.9 Å². The normalized spacial score (nSPS) is 38.9. The maximum atomic E-state index is 4.68. The molecular weight excluding hydrogens is 276 g/mol. The minimum atomic E-state index is 0.607. The van der Waals surface area contributed by atoms with Gasteiger partial charge in [-0.2, -0.15) is 0 Å². The van der Waals surface area contributed by atoms with Crippen molar-refractivity contribution in [2.75, 3.05) is 0 Å². The second-order valence-corrected chi connectivity index (χ2v) is 9.42. The van der Waals surface area contributed by atoms with E-state index in [9.17, 15) is 0 Å². The van der Waals surface area contributed by atoms with Crippen molar-refractivity contribution in [2.45, 2.75) is 71.9 Å². The van der Waals surface area contributed by atoms with E-state index in [1.807, 2.05) is 11.3 Å². The Bertz CT molecular complexity index is 479. The zero-order valence-electron chi connectivity index (χ0n) is 13.6. The first-order valence-corrected chi connectivity index (χ1v) is 9.52. The molecule has 1 aromatic rings. The molecule has 4 saturated carbocycles. The zero-order valence-corrected chi connectivity index (χ0v) is 14.4. The summed E-state index contributed by atoms with van der Waals surface area (Å²) in [5.74, 6) is 3.14. The van der Waals surface area contributed by atoms with Crippen LogP contribution in [0.4, 0.5) is 0 Å². The fraction of sp³-hybridized carbons (Fsp3) is 0.833. The van der Waals surface area contributed by atoms with Crippen LogP contribution in [0, 0.1) is 37.0 Å². The standard InChI is InChI=1S/C18H28N2S/c1-11-12(2)21-17(20-11)10-19-13(3)18-7-14-4-15(8-18)6-16(5-14)9-18/h13-16,19H,4-10H2,1-3H3. The summed E-state index contributed by atoms with van der Waals surface area (Å²) >= 11 is 1.86. The van der Waals surface area contributed by atoms with Gasteiger partial charge >= 0.3 is 0 Å². The van der Waals surface area contributed by atoms with E-state index >= 15 is 0 Å². The molecule has 4 fully saturated rings. The minimum absolute atomic E-state index is 0.607. The van der Waals surface area contributed by atoms with Gasteiger partial charge in [-0.3, -0.25) is 0 Å². The average molecular weight is 305 g/mol. The van der Waals surface area contributed by atoms with E-state index in [1.54, 1.807) is 0 Å². The van der Waals surface area contributed by atoms with Crippen LogP contribution in [0.3, 0.4) is 0 Å². The van der Waals surface area contributed by atoms with E-state index in [1.165, 1.54) is 54.1 Å². The Hall–Kier alpha value is -0.410. The van der Waals surface area contributed by atoms with Gasteiger partial charge in [0.15, 0.2) is 0 Å². The fourth-order valence-electron chi connectivity index (χ4n) is 5.78. The van der Waals surface area contributed by atoms with Gasteiger partial charge in [0.05, 0.1) is 5.69 Å². The van der Waals surface area contributed by atoms with Gasteiger partial charge in [0, 0.05) is 17.5 Å². The van der Waals surface area contributed by atoms with E-state index in [0.29, 0.717) is 11.5 Å². The maximum Gasteiger partial charge on any atom is 0.107 e. The molecule has 1 unspecified atom stereocenters. The second-order valence-electron chi connectivity index (χ2n) is 8.13. The molecule has 2 nitrogen and oxygen atoms in total. The summed E-state index contributed by atoms with van der Waals surface area (Å²) in [5.41, 5.74) is 1.81. The lowest BCUT2D eigenvalue weighted by Gasteiger charge is -2.59. The molecule has 0 spiro atoms. The molecule has 0 saturated heterocycles. The highest BCUT2D eigenvalue weighted by Crippen LogP contribution is 2.61. The smallest absolute Gasteiger partial charge is 0.107 e. The average Bonchev–Trinajstić information content (AvgIpc) is 2.73. The molecule has 5 rings (SSSR count). The Morgan fingerprint density at radius 2 is 1.71 bits per heavy atom. The van der Waals surface area contributed by atoms with Crippen LogP contribution in [0.2, 0.25) is 0 Å². The predicted molar refractivity (Wildman–Crippen MR) is 88.5 cm³/mol. The van der Waals surface area contributed by atoms with Crippen LogP contribution in [0.25, 0.3) is 0 Å². The second kappa shape index (κ2) is 5.06. The third-order valence-corrected chi connectivity index (χ3v) is 7.71. The summed E-state index contributed by atoms with van der Waals surface area (Å²) < 4.78 is 0. The summed E-state index contributed by atoms with van der Waals surface area (Å²) in [5, 5.41) is 5.11. The van der Waals surface area contributed by atoms with E-state index in [0.717, 1.165) is 24.3 Å². The van der Waals surface area contributed by atoms with Gasteiger partial charge in [-0.05, 0) is 82.5 Å². The van der Waals surface area contributed by atoms with Crippen LogP contribution in [0.1, 0.15) is 61.0 Å². The molecule has 1 aromatic heterocycles. The van der Waals surface area contributed by atoms with Crippen molar-refractivity contribution in [2.24, 2.45) is 23.2 Å². The molecule has 21 heavy (non-hydrogen) atoms. The summed E-state index contributed by atoms with van der Waals surface area (Å²) in [6.07, 6.45) is 9.08. The number of nitrogens with one attached hydrogen (secondary N) is 1. The first-order valence-electron chi connectivity index (χ1n) is 8.70. The van der Waals surface area contributed by atoms with Crippen LogP contribution < -0.4 is 5.32 Å². The largest absolute Gasteiger partial charge is 0.307 e. The number of hydrogen-bond acceptors (Lipinski definition) is 3. The lowest BCUT2D eigenvalue weighted by molar-refractivity contribution is -0.0706. The van der Waals surface area contributed by atoms with Crippen LogP contribution in [-0.2, 0) is 6.54 Å². The molecule has 0 amide bonds. The molecular formula is C18H28N2S. The van der Waals surface area contributed by atoms with E-state index in [-0.39, 0.29) is 0 Å². The highest BCUT2D eigenvalue weighted by Gasteiger charge is 2.52.